The van der Waals surface area contributed by atoms with Crippen molar-refractivity contribution >= 4 is 11.0 Å². The van der Waals surface area contributed by atoms with E-state index in [9.17, 15) is 0 Å². The first-order valence-electron chi connectivity index (χ1n) is 9.13. The van der Waals surface area contributed by atoms with Crippen molar-refractivity contribution in [3.8, 4) is 28.5 Å². The monoisotopic (exact) mass is 366 g/mol. The van der Waals surface area contributed by atoms with Gasteiger partial charge in [-0.2, -0.15) is 0 Å². The number of benzene rings is 3. The van der Waals surface area contributed by atoms with Crippen molar-refractivity contribution in [3.63, 3.8) is 0 Å². The summed E-state index contributed by atoms with van der Waals surface area (Å²) in [4.78, 5) is 7.85. The minimum Gasteiger partial charge on any atom is -0.472 e. The van der Waals surface area contributed by atoms with Gasteiger partial charge in [-0.3, -0.25) is 5.10 Å². The topological polar surface area (TPSA) is 66.6 Å². The zero-order valence-corrected chi connectivity index (χ0v) is 15.1. The Morgan fingerprint density at radius 2 is 1.54 bits per heavy atom. The van der Waals surface area contributed by atoms with Crippen LogP contribution in [0.1, 0.15) is 5.56 Å². The molecule has 136 valence electrons. The minimum atomic E-state index is 0.458. The summed E-state index contributed by atoms with van der Waals surface area (Å²) in [6.45, 7) is 0.458. The number of aromatic nitrogens is 4. The molecule has 0 amide bonds. The molecule has 5 aromatic rings. The van der Waals surface area contributed by atoms with Crippen molar-refractivity contribution in [3.05, 3.63) is 90.5 Å². The largest absolute Gasteiger partial charge is 0.472 e. The number of nitrogens with one attached hydrogen (secondary N) is 2. The van der Waals surface area contributed by atoms with Crippen LogP contribution in [0.2, 0.25) is 0 Å². The van der Waals surface area contributed by atoms with Gasteiger partial charge in [0.25, 0.3) is 0 Å². The molecule has 3 aromatic carbocycles. The number of para-hydroxylation sites is 2. The Morgan fingerprint density at radius 3 is 2.36 bits per heavy atom. The lowest BCUT2D eigenvalue weighted by Gasteiger charge is -2.05. The zero-order chi connectivity index (χ0) is 18.8. The molecule has 2 heterocycles. The van der Waals surface area contributed by atoms with Crippen molar-refractivity contribution in [2.45, 2.75) is 6.61 Å². The molecule has 0 aliphatic carbocycles. The summed E-state index contributed by atoms with van der Waals surface area (Å²) in [7, 11) is 0. The number of fused-ring (bicyclic) bond motifs is 1. The molecule has 5 rings (SSSR count). The molecule has 0 saturated carbocycles. The van der Waals surface area contributed by atoms with E-state index in [1.165, 1.54) is 11.1 Å². The van der Waals surface area contributed by atoms with Gasteiger partial charge in [-0.05, 0) is 28.8 Å². The van der Waals surface area contributed by atoms with E-state index in [1.807, 2.05) is 48.5 Å². The third kappa shape index (κ3) is 3.25. The Morgan fingerprint density at radius 1 is 0.786 bits per heavy atom. The predicted octanol–water partition coefficient (Wildman–Crippen LogP) is 5.20. The highest BCUT2D eigenvalue weighted by Gasteiger charge is 2.09. The highest BCUT2D eigenvalue weighted by atomic mass is 16.5. The normalized spacial score (nSPS) is 11.0. The minimum absolute atomic E-state index is 0.458. The maximum Gasteiger partial charge on any atom is 0.233 e. The molecule has 0 radical (unpaired) electrons. The van der Waals surface area contributed by atoms with Crippen LogP contribution in [0.3, 0.4) is 0 Å². The number of ether oxygens (including phenoxy) is 1. The number of imidazole rings is 1. The van der Waals surface area contributed by atoms with E-state index in [0.29, 0.717) is 12.5 Å². The van der Waals surface area contributed by atoms with Gasteiger partial charge in [0.15, 0.2) is 5.82 Å². The van der Waals surface area contributed by atoms with E-state index in [2.05, 4.69) is 56.6 Å². The van der Waals surface area contributed by atoms with Gasteiger partial charge in [0.1, 0.15) is 12.3 Å². The van der Waals surface area contributed by atoms with Crippen molar-refractivity contribution < 1.29 is 4.74 Å². The quantitative estimate of drug-likeness (QED) is 0.449. The van der Waals surface area contributed by atoms with Gasteiger partial charge in [-0.25, -0.2) is 4.98 Å². The fraction of sp³-hybridized carbons (Fsp3) is 0.0435. The van der Waals surface area contributed by atoms with Crippen LogP contribution >= 0.6 is 0 Å². The molecule has 28 heavy (non-hydrogen) atoms. The van der Waals surface area contributed by atoms with Crippen LogP contribution in [0.5, 0.6) is 5.88 Å². The molecule has 5 nitrogen and oxygen atoms in total. The summed E-state index contributed by atoms with van der Waals surface area (Å²) < 4.78 is 5.83. The molecule has 2 N–H and O–H groups in total. The van der Waals surface area contributed by atoms with Crippen molar-refractivity contribution in [1.82, 2.24) is 20.2 Å². The van der Waals surface area contributed by atoms with Crippen LogP contribution in [0, 0.1) is 0 Å². The van der Waals surface area contributed by atoms with E-state index < -0.39 is 0 Å². The highest BCUT2D eigenvalue weighted by Crippen LogP contribution is 2.23. The number of hydrogen-bond acceptors (Lipinski definition) is 3. The third-order valence-corrected chi connectivity index (χ3v) is 4.65. The lowest BCUT2D eigenvalue weighted by molar-refractivity contribution is 0.293. The first kappa shape index (κ1) is 16.3. The predicted molar refractivity (Wildman–Crippen MR) is 110 cm³/mol. The number of nitrogens with zero attached hydrogens (tertiary/aromatic N) is 2. The van der Waals surface area contributed by atoms with E-state index in [-0.39, 0.29) is 0 Å². The summed E-state index contributed by atoms with van der Waals surface area (Å²) in [6, 6.07) is 28.5. The van der Waals surface area contributed by atoms with Gasteiger partial charge in [0, 0.05) is 6.07 Å². The molecule has 0 unspecified atom stereocenters. The second-order valence-corrected chi connectivity index (χ2v) is 6.57. The Balaban J connectivity index is 1.27. The molecule has 0 fully saturated rings. The lowest BCUT2D eigenvalue weighted by atomic mass is 10.0. The second kappa shape index (κ2) is 7.04. The maximum atomic E-state index is 5.83. The van der Waals surface area contributed by atoms with E-state index >= 15 is 0 Å². The molecule has 0 bridgehead atoms. The van der Waals surface area contributed by atoms with Gasteiger partial charge in [0.05, 0.1) is 11.0 Å². The van der Waals surface area contributed by atoms with E-state index in [1.54, 1.807) is 0 Å². The van der Waals surface area contributed by atoms with Crippen LogP contribution in [0.15, 0.2) is 84.9 Å². The van der Waals surface area contributed by atoms with E-state index in [0.717, 1.165) is 28.1 Å². The van der Waals surface area contributed by atoms with Gasteiger partial charge >= 0.3 is 0 Å². The van der Waals surface area contributed by atoms with Gasteiger partial charge < -0.3 is 9.72 Å². The standard InChI is InChI=1S/C23H18N4O/c1-2-6-17(7-3-1)18-12-10-16(11-13-18)15-28-22-14-21(26-27-22)23-24-19-8-4-5-9-20(19)25-23/h1-14H,15H2,(H,24,25)(H,26,27). The number of hydrogen-bond donors (Lipinski definition) is 2. The Bertz CT molecular complexity index is 1170. The Kier molecular flexibility index (Phi) is 4.10. The Hall–Kier alpha value is -3.86. The summed E-state index contributed by atoms with van der Waals surface area (Å²) in [5.74, 6) is 1.29. The average Bonchev–Trinajstić information content (AvgIpc) is 3.40. The first-order chi connectivity index (χ1) is 13.8. The van der Waals surface area contributed by atoms with Gasteiger partial charge in [-0.1, -0.05) is 66.7 Å². The van der Waals surface area contributed by atoms with Crippen LogP contribution in [-0.4, -0.2) is 20.2 Å². The highest BCUT2D eigenvalue weighted by molar-refractivity contribution is 5.78. The second-order valence-electron chi connectivity index (χ2n) is 6.57. The fourth-order valence-electron chi connectivity index (χ4n) is 3.16. The maximum absolute atomic E-state index is 5.83. The fourth-order valence-corrected chi connectivity index (χ4v) is 3.16. The van der Waals surface area contributed by atoms with Crippen LogP contribution in [0.25, 0.3) is 33.7 Å². The van der Waals surface area contributed by atoms with E-state index in [4.69, 9.17) is 4.74 Å². The molecule has 0 atom stereocenters. The van der Waals surface area contributed by atoms with Crippen LogP contribution < -0.4 is 4.74 Å². The molecule has 0 aliphatic rings. The number of aromatic amines is 2. The smallest absolute Gasteiger partial charge is 0.233 e. The first-order valence-corrected chi connectivity index (χ1v) is 9.13. The average molecular weight is 366 g/mol. The summed E-state index contributed by atoms with van der Waals surface area (Å²) in [6.07, 6.45) is 0. The summed E-state index contributed by atoms with van der Waals surface area (Å²) in [5, 5.41) is 7.22. The Labute approximate surface area is 162 Å². The summed E-state index contributed by atoms with van der Waals surface area (Å²) >= 11 is 0. The van der Waals surface area contributed by atoms with Crippen LogP contribution in [-0.2, 0) is 6.61 Å². The third-order valence-electron chi connectivity index (χ3n) is 4.65. The molecule has 2 aromatic heterocycles. The number of H-pyrrole nitrogens is 2. The molecular weight excluding hydrogens is 348 g/mol. The van der Waals surface area contributed by atoms with Gasteiger partial charge in [-0.15, -0.1) is 5.10 Å². The van der Waals surface area contributed by atoms with Crippen LogP contribution in [0.4, 0.5) is 0 Å². The van der Waals surface area contributed by atoms with Crippen molar-refractivity contribution in [2.24, 2.45) is 0 Å². The summed E-state index contributed by atoms with van der Waals surface area (Å²) in [5.41, 5.74) is 6.20. The molecule has 5 heteroatoms. The van der Waals surface area contributed by atoms with Crippen molar-refractivity contribution in [2.75, 3.05) is 0 Å². The SMILES string of the molecule is c1ccc(-c2ccc(COc3cc(-c4nc5ccccc5[nH]4)[nH]n3)cc2)cc1. The molecule has 0 spiro atoms. The molecule has 0 aliphatic heterocycles. The lowest BCUT2D eigenvalue weighted by Crippen LogP contribution is -1.95. The zero-order valence-electron chi connectivity index (χ0n) is 15.1. The molecular formula is C23H18N4O. The van der Waals surface area contributed by atoms with Gasteiger partial charge in [0.2, 0.25) is 5.88 Å². The number of rotatable bonds is 5. The van der Waals surface area contributed by atoms with Crippen molar-refractivity contribution in [1.29, 1.82) is 0 Å². The molecule has 0 saturated heterocycles.